The molecular weight excluding hydrogens is 369 g/mol. The largest absolute Gasteiger partial charge is 0.367 e. The van der Waals surface area contributed by atoms with Crippen LogP contribution in [0.15, 0.2) is 48.5 Å². The maximum atomic E-state index is 13.6. The first-order valence-corrected chi connectivity index (χ1v) is 10.4. The molecule has 0 aromatic heterocycles. The molecular formula is C23H26FN3O2. The fourth-order valence-electron chi connectivity index (χ4n) is 4.91. The number of rotatable bonds is 2. The average molecular weight is 395 g/mol. The zero-order valence-corrected chi connectivity index (χ0v) is 16.3. The summed E-state index contributed by atoms with van der Waals surface area (Å²) in [5.41, 5.74) is 3.29. The molecule has 3 aliphatic heterocycles. The molecule has 2 aromatic carbocycles. The molecule has 0 spiro atoms. The van der Waals surface area contributed by atoms with Crippen LogP contribution in [0.1, 0.15) is 29.2 Å². The minimum atomic E-state index is -0.447. The van der Waals surface area contributed by atoms with Gasteiger partial charge in [-0.1, -0.05) is 36.4 Å². The second kappa shape index (κ2) is 7.86. The summed E-state index contributed by atoms with van der Waals surface area (Å²) in [4.78, 5) is 15.5. The lowest BCUT2D eigenvalue weighted by molar-refractivity contribution is -0.151. The van der Waals surface area contributed by atoms with Gasteiger partial charge < -0.3 is 20.3 Å². The van der Waals surface area contributed by atoms with Gasteiger partial charge in [0.25, 0.3) is 5.91 Å². The lowest BCUT2D eigenvalue weighted by atomic mass is 9.87. The van der Waals surface area contributed by atoms with Gasteiger partial charge >= 0.3 is 0 Å². The number of halogens is 1. The summed E-state index contributed by atoms with van der Waals surface area (Å²) in [6.07, 6.45) is 1.04. The monoisotopic (exact) mass is 395 g/mol. The Morgan fingerprint density at radius 2 is 1.79 bits per heavy atom. The van der Waals surface area contributed by atoms with Crippen LogP contribution in [0.25, 0.3) is 0 Å². The predicted molar refractivity (Wildman–Crippen MR) is 108 cm³/mol. The van der Waals surface area contributed by atoms with Crippen LogP contribution in [-0.2, 0) is 16.0 Å². The van der Waals surface area contributed by atoms with Crippen LogP contribution in [0.4, 0.5) is 4.39 Å². The first-order chi connectivity index (χ1) is 14.2. The molecule has 152 valence electrons. The Labute approximate surface area is 170 Å². The Kier molecular flexibility index (Phi) is 5.08. The quantitative estimate of drug-likeness (QED) is 0.817. The van der Waals surface area contributed by atoms with Gasteiger partial charge in [0.2, 0.25) is 0 Å². The molecule has 3 heterocycles. The minimum Gasteiger partial charge on any atom is -0.367 e. The third-order valence-electron chi connectivity index (χ3n) is 6.40. The Bertz CT molecular complexity index is 888. The van der Waals surface area contributed by atoms with Crippen molar-refractivity contribution in [3.05, 3.63) is 71.0 Å². The van der Waals surface area contributed by atoms with Gasteiger partial charge in [-0.05, 0) is 41.7 Å². The number of hydrogen-bond donors (Lipinski definition) is 2. The van der Waals surface area contributed by atoms with E-state index in [0.717, 1.165) is 30.6 Å². The third-order valence-corrected chi connectivity index (χ3v) is 6.40. The van der Waals surface area contributed by atoms with Crippen molar-refractivity contribution in [2.24, 2.45) is 0 Å². The van der Waals surface area contributed by atoms with Gasteiger partial charge in [-0.2, -0.15) is 0 Å². The number of nitrogens with zero attached hydrogens (tertiary/aromatic N) is 1. The topological polar surface area (TPSA) is 53.6 Å². The Hall–Kier alpha value is -2.28. The van der Waals surface area contributed by atoms with Crippen molar-refractivity contribution in [3.63, 3.8) is 0 Å². The molecule has 2 saturated heterocycles. The normalized spacial score (nSPS) is 29.1. The number of amides is 1. The van der Waals surface area contributed by atoms with E-state index in [-0.39, 0.29) is 29.8 Å². The van der Waals surface area contributed by atoms with E-state index in [0.29, 0.717) is 19.6 Å². The number of nitrogens with one attached hydrogen (secondary N) is 2. The average Bonchev–Trinajstić information content (AvgIpc) is 2.78. The van der Waals surface area contributed by atoms with Gasteiger partial charge in [0, 0.05) is 31.7 Å². The van der Waals surface area contributed by atoms with Gasteiger partial charge in [0.05, 0.1) is 12.6 Å². The molecule has 5 rings (SSSR count). The maximum absolute atomic E-state index is 13.6. The van der Waals surface area contributed by atoms with Gasteiger partial charge in [-0.15, -0.1) is 0 Å². The molecule has 0 unspecified atom stereocenters. The summed E-state index contributed by atoms with van der Waals surface area (Å²) in [6, 6.07) is 15.0. The maximum Gasteiger partial charge on any atom is 0.252 e. The third kappa shape index (κ3) is 3.56. The van der Waals surface area contributed by atoms with Crippen LogP contribution in [0, 0.1) is 5.82 Å². The molecule has 0 radical (unpaired) electrons. The molecule has 3 aliphatic rings. The summed E-state index contributed by atoms with van der Waals surface area (Å²) in [5.74, 6) is -0.243. The zero-order chi connectivity index (χ0) is 19.8. The van der Waals surface area contributed by atoms with Crippen molar-refractivity contribution in [2.45, 2.75) is 37.1 Å². The predicted octanol–water partition coefficient (Wildman–Crippen LogP) is 2.02. The second-order valence-corrected chi connectivity index (χ2v) is 8.11. The second-order valence-electron chi connectivity index (χ2n) is 8.11. The highest BCUT2D eigenvalue weighted by molar-refractivity contribution is 5.82. The van der Waals surface area contributed by atoms with Gasteiger partial charge in [-0.3, -0.25) is 4.79 Å². The smallest absolute Gasteiger partial charge is 0.252 e. The molecule has 5 nitrogen and oxygen atoms in total. The summed E-state index contributed by atoms with van der Waals surface area (Å²) < 4.78 is 19.5. The number of benzene rings is 2. The molecule has 4 atom stereocenters. The standard InChI is InChI=1S/C23H26FN3O2/c24-17-7-5-16(6-8-17)22-18-4-2-1-3-15(18)9-12-27(22)23(28)21-13-19-20(14-29-21)26-11-10-25-19/h1-8,19-22,25-26H,9-14H2/t19-,20-,21+,22-/m0/s1. The van der Waals surface area contributed by atoms with E-state index < -0.39 is 6.10 Å². The van der Waals surface area contributed by atoms with Crippen LogP contribution < -0.4 is 10.6 Å². The van der Waals surface area contributed by atoms with E-state index in [1.54, 1.807) is 12.1 Å². The molecule has 1 amide bonds. The van der Waals surface area contributed by atoms with Crippen molar-refractivity contribution < 1.29 is 13.9 Å². The summed E-state index contributed by atoms with van der Waals surface area (Å²) >= 11 is 0. The molecule has 0 saturated carbocycles. The van der Waals surface area contributed by atoms with E-state index in [2.05, 4.69) is 22.8 Å². The van der Waals surface area contributed by atoms with Gasteiger partial charge in [0.15, 0.2) is 0 Å². The molecule has 0 aliphatic carbocycles. The van der Waals surface area contributed by atoms with Crippen LogP contribution in [0.5, 0.6) is 0 Å². The van der Waals surface area contributed by atoms with E-state index in [1.807, 2.05) is 17.0 Å². The van der Waals surface area contributed by atoms with Crippen LogP contribution in [0.3, 0.4) is 0 Å². The molecule has 29 heavy (non-hydrogen) atoms. The number of piperazine rings is 1. The Balaban J connectivity index is 1.44. The number of carbonyl (C=O) groups excluding carboxylic acids is 1. The zero-order valence-electron chi connectivity index (χ0n) is 16.3. The fourth-order valence-corrected chi connectivity index (χ4v) is 4.91. The fraction of sp³-hybridized carbons (Fsp3) is 0.435. The molecule has 2 N–H and O–H groups in total. The SMILES string of the molecule is O=C([C@H]1C[C@@H]2NCCN[C@H]2CO1)N1CCc2ccccc2[C@@H]1c1ccc(F)cc1. The minimum absolute atomic E-state index is 0.0275. The van der Waals surface area contributed by atoms with E-state index >= 15 is 0 Å². The van der Waals surface area contributed by atoms with Crippen molar-refractivity contribution in [1.29, 1.82) is 0 Å². The summed E-state index contributed by atoms with van der Waals surface area (Å²) in [5, 5.41) is 6.98. The van der Waals surface area contributed by atoms with Crippen LogP contribution in [-0.4, -0.2) is 55.2 Å². The van der Waals surface area contributed by atoms with E-state index in [1.165, 1.54) is 17.7 Å². The Morgan fingerprint density at radius 3 is 2.62 bits per heavy atom. The molecule has 0 bridgehead atoms. The van der Waals surface area contributed by atoms with Crippen molar-refractivity contribution in [1.82, 2.24) is 15.5 Å². The number of carbonyl (C=O) groups is 1. The van der Waals surface area contributed by atoms with Gasteiger partial charge in [-0.25, -0.2) is 4.39 Å². The van der Waals surface area contributed by atoms with Crippen LogP contribution in [0.2, 0.25) is 0 Å². The number of ether oxygens (including phenoxy) is 1. The van der Waals surface area contributed by atoms with Crippen LogP contribution >= 0.6 is 0 Å². The highest BCUT2D eigenvalue weighted by Gasteiger charge is 2.40. The highest BCUT2D eigenvalue weighted by atomic mass is 19.1. The summed E-state index contributed by atoms with van der Waals surface area (Å²) in [7, 11) is 0. The number of hydrogen-bond acceptors (Lipinski definition) is 4. The van der Waals surface area contributed by atoms with Gasteiger partial charge in [0.1, 0.15) is 11.9 Å². The summed E-state index contributed by atoms with van der Waals surface area (Å²) in [6.45, 7) is 3.02. The Morgan fingerprint density at radius 1 is 1.03 bits per heavy atom. The van der Waals surface area contributed by atoms with Crippen molar-refractivity contribution in [2.75, 3.05) is 26.2 Å². The first-order valence-electron chi connectivity index (χ1n) is 10.4. The lowest BCUT2D eigenvalue weighted by Crippen LogP contribution is -2.63. The lowest BCUT2D eigenvalue weighted by Gasteiger charge is -2.43. The van der Waals surface area contributed by atoms with Crippen molar-refractivity contribution >= 4 is 5.91 Å². The first kappa shape index (κ1) is 18.7. The number of fused-ring (bicyclic) bond motifs is 2. The molecule has 6 heteroatoms. The van der Waals surface area contributed by atoms with Crippen molar-refractivity contribution in [3.8, 4) is 0 Å². The molecule has 2 aromatic rings. The van der Waals surface area contributed by atoms with E-state index in [9.17, 15) is 9.18 Å². The highest BCUT2D eigenvalue weighted by Crippen LogP contribution is 2.36. The molecule has 2 fully saturated rings. The van der Waals surface area contributed by atoms with E-state index in [4.69, 9.17) is 4.74 Å².